The minimum Gasteiger partial charge on any atom is -0.475 e. The van der Waals surface area contributed by atoms with Crippen molar-refractivity contribution in [3.63, 3.8) is 0 Å². The molecule has 0 aliphatic heterocycles. The van der Waals surface area contributed by atoms with Gasteiger partial charge in [0, 0.05) is 12.3 Å². The third-order valence-electron chi connectivity index (χ3n) is 1.94. The Kier molecular flexibility index (Phi) is 2.41. The summed E-state index contributed by atoms with van der Waals surface area (Å²) in [6.45, 7) is 0. The standard InChI is InChI=1S/C9H5F3N2O3/c10-9(11,12)5-3-13-14(4-5)7-2-1-6(17-7)8(15)16/h1-4H,(H,15,16). The fraction of sp³-hybridized carbons (Fsp3) is 0.111. The van der Waals surface area contributed by atoms with Crippen LogP contribution in [0.25, 0.3) is 5.88 Å². The highest BCUT2D eigenvalue weighted by molar-refractivity contribution is 5.84. The quantitative estimate of drug-likeness (QED) is 0.881. The van der Waals surface area contributed by atoms with Crippen molar-refractivity contribution < 1.29 is 27.5 Å². The van der Waals surface area contributed by atoms with Gasteiger partial charge in [-0.15, -0.1) is 0 Å². The Balaban J connectivity index is 2.34. The molecule has 2 heterocycles. The Bertz CT molecular complexity index is 556. The number of aromatic nitrogens is 2. The van der Waals surface area contributed by atoms with E-state index in [0.717, 1.165) is 10.7 Å². The molecule has 0 aliphatic carbocycles. The number of aromatic carboxylic acids is 1. The summed E-state index contributed by atoms with van der Waals surface area (Å²) in [5.41, 5.74) is -0.939. The van der Waals surface area contributed by atoms with E-state index < -0.39 is 17.7 Å². The average molecular weight is 246 g/mol. The van der Waals surface area contributed by atoms with Crippen LogP contribution in [-0.4, -0.2) is 20.9 Å². The van der Waals surface area contributed by atoms with E-state index in [-0.39, 0.29) is 11.6 Å². The molecule has 8 heteroatoms. The van der Waals surface area contributed by atoms with Crippen LogP contribution in [0.2, 0.25) is 0 Å². The monoisotopic (exact) mass is 246 g/mol. The number of halogens is 3. The van der Waals surface area contributed by atoms with Gasteiger partial charge in [-0.1, -0.05) is 0 Å². The molecule has 2 rings (SSSR count). The van der Waals surface area contributed by atoms with Crippen LogP contribution in [0.4, 0.5) is 13.2 Å². The van der Waals surface area contributed by atoms with Gasteiger partial charge in [-0.3, -0.25) is 0 Å². The van der Waals surface area contributed by atoms with Crippen LogP contribution in [0.15, 0.2) is 28.9 Å². The lowest BCUT2D eigenvalue weighted by molar-refractivity contribution is -0.137. The second kappa shape index (κ2) is 3.65. The van der Waals surface area contributed by atoms with Gasteiger partial charge < -0.3 is 9.52 Å². The van der Waals surface area contributed by atoms with Gasteiger partial charge in [0.05, 0.1) is 11.8 Å². The third-order valence-corrected chi connectivity index (χ3v) is 1.94. The van der Waals surface area contributed by atoms with Gasteiger partial charge in [0.25, 0.3) is 0 Å². The molecule has 5 nitrogen and oxygen atoms in total. The highest BCUT2D eigenvalue weighted by Gasteiger charge is 2.32. The minimum atomic E-state index is -4.50. The van der Waals surface area contributed by atoms with E-state index in [9.17, 15) is 18.0 Å². The maximum Gasteiger partial charge on any atom is 0.419 e. The number of hydrogen-bond acceptors (Lipinski definition) is 3. The number of carboxylic acids is 1. The molecule has 0 aromatic carbocycles. The van der Waals surface area contributed by atoms with Crippen molar-refractivity contribution in [1.29, 1.82) is 0 Å². The number of carboxylic acid groups (broad SMARTS) is 1. The molecule has 0 spiro atoms. The molecule has 0 atom stereocenters. The van der Waals surface area contributed by atoms with Gasteiger partial charge in [0.1, 0.15) is 0 Å². The van der Waals surface area contributed by atoms with Crippen molar-refractivity contribution in [3.8, 4) is 5.88 Å². The van der Waals surface area contributed by atoms with Crippen LogP contribution >= 0.6 is 0 Å². The number of alkyl halides is 3. The summed E-state index contributed by atoms with van der Waals surface area (Å²) in [6, 6.07) is 2.35. The predicted molar refractivity (Wildman–Crippen MR) is 47.8 cm³/mol. The van der Waals surface area contributed by atoms with E-state index >= 15 is 0 Å². The van der Waals surface area contributed by atoms with Crippen molar-refractivity contribution in [1.82, 2.24) is 9.78 Å². The number of hydrogen-bond donors (Lipinski definition) is 1. The maximum atomic E-state index is 12.3. The molecular weight excluding hydrogens is 241 g/mol. The van der Waals surface area contributed by atoms with Crippen LogP contribution in [0.5, 0.6) is 0 Å². The highest BCUT2D eigenvalue weighted by Crippen LogP contribution is 2.29. The molecule has 0 unspecified atom stereocenters. The van der Waals surface area contributed by atoms with E-state index in [2.05, 4.69) is 5.10 Å². The first-order valence-electron chi connectivity index (χ1n) is 4.33. The Morgan fingerprint density at radius 3 is 2.59 bits per heavy atom. The van der Waals surface area contributed by atoms with Crippen LogP contribution in [0.1, 0.15) is 16.1 Å². The van der Waals surface area contributed by atoms with Gasteiger partial charge >= 0.3 is 12.1 Å². The summed E-state index contributed by atoms with van der Waals surface area (Å²) < 4.78 is 42.4. The lowest BCUT2D eigenvalue weighted by Gasteiger charge is -2.00. The molecule has 0 aliphatic rings. The smallest absolute Gasteiger partial charge is 0.419 e. The lowest BCUT2D eigenvalue weighted by atomic mass is 10.4. The third kappa shape index (κ3) is 2.14. The Morgan fingerprint density at radius 2 is 2.12 bits per heavy atom. The van der Waals surface area contributed by atoms with Gasteiger partial charge in [-0.2, -0.15) is 18.3 Å². The lowest BCUT2D eigenvalue weighted by Crippen LogP contribution is -2.02. The topological polar surface area (TPSA) is 68.3 Å². The molecule has 0 amide bonds. The molecule has 90 valence electrons. The summed E-state index contributed by atoms with van der Waals surface area (Å²) in [4.78, 5) is 10.5. The molecule has 0 bridgehead atoms. The largest absolute Gasteiger partial charge is 0.475 e. The Morgan fingerprint density at radius 1 is 1.41 bits per heavy atom. The van der Waals surface area contributed by atoms with Crippen molar-refractivity contribution in [3.05, 3.63) is 35.9 Å². The molecule has 17 heavy (non-hydrogen) atoms. The molecule has 2 aromatic heterocycles. The van der Waals surface area contributed by atoms with Crippen LogP contribution in [-0.2, 0) is 6.18 Å². The SMILES string of the molecule is O=C(O)c1ccc(-n2cc(C(F)(F)F)cn2)o1. The van der Waals surface area contributed by atoms with Crippen LogP contribution < -0.4 is 0 Å². The molecule has 0 saturated heterocycles. The predicted octanol–water partition coefficient (Wildman–Crippen LogP) is 2.18. The van der Waals surface area contributed by atoms with Crippen molar-refractivity contribution in [2.45, 2.75) is 6.18 Å². The molecule has 2 aromatic rings. The van der Waals surface area contributed by atoms with Gasteiger partial charge in [-0.05, 0) is 6.07 Å². The summed E-state index contributed by atoms with van der Waals surface area (Å²) in [7, 11) is 0. The Hall–Kier alpha value is -2.25. The van der Waals surface area contributed by atoms with Crippen molar-refractivity contribution in [2.75, 3.05) is 0 Å². The fourth-order valence-electron chi connectivity index (χ4n) is 1.16. The highest BCUT2D eigenvalue weighted by atomic mass is 19.4. The summed E-state index contributed by atoms with van der Waals surface area (Å²) in [5, 5.41) is 12.0. The first-order chi connectivity index (χ1) is 7.88. The van der Waals surface area contributed by atoms with Crippen LogP contribution in [0, 0.1) is 0 Å². The van der Waals surface area contributed by atoms with E-state index in [1.807, 2.05) is 0 Å². The zero-order valence-corrected chi connectivity index (χ0v) is 8.10. The van der Waals surface area contributed by atoms with E-state index in [1.54, 1.807) is 0 Å². The molecular formula is C9H5F3N2O3. The molecule has 0 radical (unpaired) electrons. The van der Waals surface area contributed by atoms with Gasteiger partial charge in [0.2, 0.25) is 11.6 Å². The fourth-order valence-corrected chi connectivity index (χ4v) is 1.16. The van der Waals surface area contributed by atoms with E-state index in [0.29, 0.717) is 12.4 Å². The first-order valence-corrected chi connectivity index (χ1v) is 4.33. The normalized spacial score (nSPS) is 11.7. The summed E-state index contributed by atoms with van der Waals surface area (Å²) in [5.74, 6) is -1.78. The van der Waals surface area contributed by atoms with Gasteiger partial charge in [0.15, 0.2) is 0 Å². The summed E-state index contributed by atoms with van der Waals surface area (Å²) in [6.07, 6.45) is -3.16. The number of nitrogens with zero attached hydrogens (tertiary/aromatic N) is 2. The molecule has 1 N–H and O–H groups in total. The molecule has 0 fully saturated rings. The average Bonchev–Trinajstić information content (AvgIpc) is 2.85. The van der Waals surface area contributed by atoms with E-state index in [1.165, 1.54) is 6.07 Å². The zero-order valence-electron chi connectivity index (χ0n) is 8.10. The summed E-state index contributed by atoms with van der Waals surface area (Å²) >= 11 is 0. The first kappa shape index (κ1) is 11.2. The van der Waals surface area contributed by atoms with Crippen molar-refractivity contribution >= 4 is 5.97 Å². The number of rotatable bonds is 2. The number of furan rings is 1. The maximum absolute atomic E-state index is 12.3. The second-order valence-electron chi connectivity index (χ2n) is 3.11. The van der Waals surface area contributed by atoms with E-state index in [4.69, 9.17) is 9.52 Å². The second-order valence-corrected chi connectivity index (χ2v) is 3.11. The molecule has 0 saturated carbocycles. The zero-order chi connectivity index (χ0) is 12.6. The number of carbonyl (C=O) groups is 1. The Labute approximate surface area is 92.1 Å². The van der Waals surface area contributed by atoms with Gasteiger partial charge in [-0.25, -0.2) is 9.48 Å². The van der Waals surface area contributed by atoms with Crippen LogP contribution in [0.3, 0.4) is 0 Å². The van der Waals surface area contributed by atoms with Crippen molar-refractivity contribution in [2.24, 2.45) is 0 Å². The minimum absolute atomic E-state index is 0.0992.